The predicted octanol–water partition coefficient (Wildman–Crippen LogP) is 3.70. The van der Waals surface area contributed by atoms with Gasteiger partial charge in [-0.15, -0.1) is 0 Å². The van der Waals surface area contributed by atoms with E-state index in [-0.39, 0.29) is 24.3 Å². The lowest BCUT2D eigenvalue weighted by molar-refractivity contribution is -0.125. The van der Waals surface area contributed by atoms with Crippen LogP contribution in [-0.4, -0.2) is 68.3 Å². The number of carbonyl (C=O) groups is 1. The zero-order chi connectivity index (χ0) is 27.6. The van der Waals surface area contributed by atoms with Gasteiger partial charge in [0.1, 0.15) is 0 Å². The van der Waals surface area contributed by atoms with E-state index in [1.807, 2.05) is 25.1 Å². The van der Waals surface area contributed by atoms with Crippen LogP contribution in [0.4, 0.5) is 0 Å². The van der Waals surface area contributed by atoms with Gasteiger partial charge in [-0.1, -0.05) is 40.2 Å². The van der Waals surface area contributed by atoms with Crippen LogP contribution in [-0.2, 0) is 16.0 Å². The summed E-state index contributed by atoms with van der Waals surface area (Å²) in [5.41, 5.74) is 7.55. The maximum atomic E-state index is 12.3. The topological polar surface area (TPSA) is 123 Å². The average Bonchev–Trinajstić information content (AvgIpc) is 2.87. The molecule has 0 unspecified atom stereocenters. The summed E-state index contributed by atoms with van der Waals surface area (Å²) in [6, 6.07) is 5.56. The zero-order valence-electron chi connectivity index (χ0n) is 23.7. The molecule has 0 spiro atoms. The Bertz CT molecular complexity index is 745. The summed E-state index contributed by atoms with van der Waals surface area (Å²) in [5.74, 6) is 1.64. The van der Waals surface area contributed by atoms with Crippen LogP contribution < -0.4 is 20.5 Å². The van der Waals surface area contributed by atoms with Crippen LogP contribution in [0.2, 0.25) is 0 Å². The van der Waals surface area contributed by atoms with Crippen LogP contribution >= 0.6 is 0 Å². The number of methoxy groups -OCH3 is 1. The molecule has 1 aromatic carbocycles. The summed E-state index contributed by atoms with van der Waals surface area (Å²) in [5, 5.41) is 22.8. The number of hydrogen-bond donors (Lipinski definition) is 4. The first kappa shape index (κ1) is 33.2. The first-order valence-electron chi connectivity index (χ1n) is 13.9. The predicted molar refractivity (Wildman–Crippen MR) is 148 cm³/mol. The van der Waals surface area contributed by atoms with E-state index in [1.54, 1.807) is 7.11 Å². The van der Waals surface area contributed by atoms with Gasteiger partial charge in [0.05, 0.1) is 19.3 Å². The second kappa shape index (κ2) is 19.2. The Kier molecular flexibility index (Phi) is 17.2. The van der Waals surface area contributed by atoms with E-state index in [0.29, 0.717) is 63.0 Å². The molecule has 1 amide bonds. The van der Waals surface area contributed by atoms with Gasteiger partial charge in [0.25, 0.3) is 0 Å². The molecule has 1 rings (SSSR count). The molecule has 0 aromatic heterocycles. The van der Waals surface area contributed by atoms with Crippen molar-refractivity contribution in [3.8, 4) is 11.5 Å². The third-order valence-corrected chi connectivity index (χ3v) is 6.70. The highest BCUT2D eigenvalue weighted by Crippen LogP contribution is 2.32. The number of ether oxygens (including phenoxy) is 3. The highest BCUT2D eigenvalue weighted by Gasteiger charge is 2.26. The minimum Gasteiger partial charge on any atom is -0.490 e. The maximum Gasteiger partial charge on any atom is 0.222 e. The summed E-state index contributed by atoms with van der Waals surface area (Å²) in [4.78, 5) is 12.3. The van der Waals surface area contributed by atoms with Crippen molar-refractivity contribution in [1.82, 2.24) is 5.32 Å². The van der Waals surface area contributed by atoms with Gasteiger partial charge in [0.15, 0.2) is 11.5 Å². The molecule has 0 bridgehead atoms. The highest BCUT2D eigenvalue weighted by atomic mass is 16.5. The van der Waals surface area contributed by atoms with E-state index in [9.17, 15) is 9.90 Å². The number of carbonyl (C=O) groups excluding carboxylic acids is 1. The van der Waals surface area contributed by atoms with E-state index < -0.39 is 12.1 Å². The Hall–Kier alpha value is -1.87. The fourth-order valence-corrected chi connectivity index (χ4v) is 4.15. The normalized spacial score (nSPS) is 14.7. The highest BCUT2D eigenvalue weighted by molar-refractivity contribution is 5.78. The smallest absolute Gasteiger partial charge is 0.222 e. The minimum absolute atomic E-state index is 0.0283. The van der Waals surface area contributed by atoms with Crippen LogP contribution in [0.3, 0.4) is 0 Å². The van der Waals surface area contributed by atoms with Crippen molar-refractivity contribution in [2.24, 2.45) is 23.5 Å². The van der Waals surface area contributed by atoms with Crippen molar-refractivity contribution >= 4 is 5.91 Å². The van der Waals surface area contributed by atoms with Crippen LogP contribution in [0.1, 0.15) is 71.8 Å². The quantitative estimate of drug-likeness (QED) is 0.181. The first-order chi connectivity index (χ1) is 17.7. The number of hydrogen-bond acceptors (Lipinski definition) is 7. The molecule has 8 heteroatoms. The molecule has 8 nitrogen and oxygen atoms in total. The largest absolute Gasteiger partial charge is 0.490 e. The molecule has 0 aliphatic rings. The molecule has 1 aromatic rings. The van der Waals surface area contributed by atoms with Crippen molar-refractivity contribution < 1.29 is 29.2 Å². The minimum atomic E-state index is -0.741. The third-order valence-electron chi connectivity index (χ3n) is 6.70. The Morgan fingerprint density at radius 3 is 2.38 bits per heavy atom. The number of rotatable bonds is 21. The molecule has 0 radical (unpaired) electrons. The molecule has 214 valence electrons. The number of nitrogens with one attached hydrogen (secondary N) is 1. The molecule has 0 fully saturated rings. The fourth-order valence-electron chi connectivity index (χ4n) is 4.15. The van der Waals surface area contributed by atoms with Gasteiger partial charge in [0, 0.05) is 51.7 Å². The summed E-state index contributed by atoms with van der Waals surface area (Å²) >= 11 is 0. The molecular formula is C29H52N2O6. The molecule has 0 saturated heterocycles. The lowest BCUT2D eigenvalue weighted by Gasteiger charge is -2.28. The van der Waals surface area contributed by atoms with Gasteiger partial charge in [-0.2, -0.15) is 0 Å². The number of amides is 1. The van der Waals surface area contributed by atoms with Gasteiger partial charge in [-0.25, -0.2) is 0 Å². The Labute approximate surface area is 224 Å². The number of aliphatic hydroxyl groups is 2. The van der Waals surface area contributed by atoms with Crippen LogP contribution in [0.15, 0.2) is 18.2 Å². The van der Waals surface area contributed by atoms with Gasteiger partial charge in [-0.05, 0) is 55.2 Å². The number of nitrogens with two attached hydrogens (primary N) is 1. The third kappa shape index (κ3) is 13.5. The van der Waals surface area contributed by atoms with Gasteiger partial charge in [-0.3, -0.25) is 4.79 Å². The molecule has 37 heavy (non-hydrogen) atoms. The van der Waals surface area contributed by atoms with E-state index in [2.05, 4.69) is 26.1 Å². The molecule has 4 atom stereocenters. The maximum absolute atomic E-state index is 12.3. The molecule has 0 aliphatic carbocycles. The monoisotopic (exact) mass is 524 g/mol. The van der Waals surface area contributed by atoms with Crippen molar-refractivity contribution in [2.45, 2.75) is 84.8 Å². The molecule has 0 aliphatic heterocycles. The van der Waals surface area contributed by atoms with E-state index in [4.69, 9.17) is 25.1 Å². The van der Waals surface area contributed by atoms with Crippen molar-refractivity contribution in [3.05, 3.63) is 23.8 Å². The van der Waals surface area contributed by atoms with Crippen LogP contribution in [0, 0.1) is 17.8 Å². The summed E-state index contributed by atoms with van der Waals surface area (Å²) in [7, 11) is 1.67. The lowest BCUT2D eigenvalue weighted by Crippen LogP contribution is -2.41. The molecule has 0 saturated carbocycles. The molecule has 5 N–H and O–H groups in total. The van der Waals surface area contributed by atoms with Crippen molar-refractivity contribution in [2.75, 3.05) is 40.1 Å². The van der Waals surface area contributed by atoms with Crippen LogP contribution in [0.5, 0.6) is 11.5 Å². The lowest BCUT2D eigenvalue weighted by atomic mass is 9.82. The molecule has 0 heterocycles. The van der Waals surface area contributed by atoms with Crippen LogP contribution in [0.25, 0.3) is 0 Å². The fraction of sp³-hybridized carbons (Fsp3) is 0.759. The van der Waals surface area contributed by atoms with Crippen molar-refractivity contribution in [3.63, 3.8) is 0 Å². The standard InChI is InChI=1S/C29H52N2O6/c1-6-7-12-31-29(34)22(4)17-26(33)25(30)20-24(21(2)3)18-23-10-11-27(36-15-8-13-32)28(19-23)37-16-9-14-35-5/h10-11,19,21-22,24-26,32-33H,6-9,12-18,20,30H2,1-5H3,(H,31,34)/t22-,24+,25+,26+/m1/s1. The van der Waals surface area contributed by atoms with E-state index >= 15 is 0 Å². The second-order valence-electron chi connectivity index (χ2n) is 10.4. The summed E-state index contributed by atoms with van der Waals surface area (Å²) in [6.07, 6.45) is 4.36. The SMILES string of the molecule is CCCCNC(=O)[C@H](C)C[C@H](O)[C@@H](N)C[C@H](Cc1ccc(OCCCO)c(OCCCOC)c1)C(C)C. The first-order valence-corrected chi connectivity index (χ1v) is 13.9. The zero-order valence-corrected chi connectivity index (χ0v) is 23.7. The Balaban J connectivity index is 2.81. The number of unbranched alkanes of at least 4 members (excludes halogenated alkanes) is 1. The molecular weight excluding hydrogens is 472 g/mol. The average molecular weight is 525 g/mol. The Morgan fingerprint density at radius 1 is 1.03 bits per heavy atom. The van der Waals surface area contributed by atoms with Gasteiger partial charge >= 0.3 is 0 Å². The number of benzene rings is 1. The van der Waals surface area contributed by atoms with E-state index in [1.165, 1.54) is 0 Å². The second-order valence-corrected chi connectivity index (χ2v) is 10.4. The Morgan fingerprint density at radius 2 is 1.73 bits per heavy atom. The summed E-state index contributed by atoms with van der Waals surface area (Å²) in [6.45, 7) is 10.6. The van der Waals surface area contributed by atoms with Gasteiger partial charge < -0.3 is 35.5 Å². The number of aliphatic hydroxyl groups excluding tert-OH is 2. The van der Waals surface area contributed by atoms with E-state index in [0.717, 1.165) is 31.2 Å². The van der Waals surface area contributed by atoms with Crippen molar-refractivity contribution in [1.29, 1.82) is 0 Å². The summed E-state index contributed by atoms with van der Waals surface area (Å²) < 4.78 is 16.9. The van der Waals surface area contributed by atoms with Gasteiger partial charge in [0.2, 0.25) is 5.91 Å².